The van der Waals surface area contributed by atoms with Crippen LogP contribution in [0.15, 0.2) is 17.5 Å². The summed E-state index contributed by atoms with van der Waals surface area (Å²) < 4.78 is 2.13. The summed E-state index contributed by atoms with van der Waals surface area (Å²) in [7, 11) is 0. The summed E-state index contributed by atoms with van der Waals surface area (Å²) in [4.78, 5) is 15.7. The molecule has 4 heterocycles. The molecule has 2 amide bonds. The van der Waals surface area contributed by atoms with Gasteiger partial charge in [-0.05, 0) is 30.7 Å². The first-order chi connectivity index (χ1) is 10.8. The van der Waals surface area contributed by atoms with Crippen LogP contribution in [0.2, 0.25) is 0 Å². The van der Waals surface area contributed by atoms with Crippen molar-refractivity contribution in [1.82, 2.24) is 25.0 Å². The van der Waals surface area contributed by atoms with Crippen LogP contribution in [0.5, 0.6) is 0 Å². The Bertz CT molecular complexity index is 666. The number of nitrogens with zero attached hydrogens (tertiary/aromatic N) is 4. The predicted molar refractivity (Wildman–Crippen MR) is 83.6 cm³/mol. The minimum atomic E-state index is 0.00578. The van der Waals surface area contributed by atoms with E-state index in [2.05, 4.69) is 31.5 Å². The van der Waals surface area contributed by atoms with Crippen molar-refractivity contribution in [1.29, 1.82) is 0 Å². The molecule has 1 saturated heterocycles. The van der Waals surface area contributed by atoms with Gasteiger partial charge in [-0.15, -0.1) is 21.5 Å². The van der Waals surface area contributed by atoms with Crippen molar-refractivity contribution in [3.8, 4) is 0 Å². The fourth-order valence-electron chi connectivity index (χ4n) is 3.38. The summed E-state index contributed by atoms with van der Waals surface area (Å²) >= 11 is 1.73. The number of urea groups is 1. The smallest absolute Gasteiger partial charge is 0.318 e. The van der Waals surface area contributed by atoms with E-state index in [4.69, 9.17) is 0 Å². The molecular formula is C15H19N5OS. The largest absolute Gasteiger partial charge is 0.331 e. The highest BCUT2D eigenvalue weighted by atomic mass is 32.1. The third kappa shape index (κ3) is 2.39. The number of hydrogen-bond donors (Lipinski definition) is 1. The molecule has 2 aliphatic heterocycles. The van der Waals surface area contributed by atoms with Gasteiger partial charge in [-0.3, -0.25) is 0 Å². The van der Waals surface area contributed by atoms with Gasteiger partial charge in [0.05, 0.1) is 12.6 Å². The molecule has 2 aliphatic rings. The van der Waals surface area contributed by atoms with Crippen molar-refractivity contribution in [2.45, 2.75) is 44.8 Å². The summed E-state index contributed by atoms with van der Waals surface area (Å²) in [6.45, 7) is 2.25. The lowest BCUT2D eigenvalue weighted by Crippen LogP contribution is -2.39. The van der Waals surface area contributed by atoms with Crippen molar-refractivity contribution in [3.05, 3.63) is 34.0 Å². The van der Waals surface area contributed by atoms with Crippen LogP contribution in [-0.2, 0) is 19.5 Å². The molecule has 0 spiro atoms. The molecule has 1 fully saturated rings. The fourth-order valence-corrected chi connectivity index (χ4v) is 4.26. The molecule has 6 nitrogen and oxygen atoms in total. The maximum Gasteiger partial charge on any atom is 0.318 e. The molecule has 0 bridgehead atoms. The van der Waals surface area contributed by atoms with Crippen molar-refractivity contribution >= 4 is 17.4 Å². The van der Waals surface area contributed by atoms with Gasteiger partial charge in [0.2, 0.25) is 0 Å². The van der Waals surface area contributed by atoms with Crippen LogP contribution in [0.4, 0.5) is 4.79 Å². The van der Waals surface area contributed by atoms with Gasteiger partial charge in [0.25, 0.3) is 0 Å². The Morgan fingerprint density at radius 1 is 1.36 bits per heavy atom. The second kappa shape index (κ2) is 5.72. The topological polar surface area (TPSA) is 63.1 Å². The van der Waals surface area contributed by atoms with Crippen LogP contribution < -0.4 is 5.32 Å². The van der Waals surface area contributed by atoms with Crippen molar-refractivity contribution < 1.29 is 4.79 Å². The summed E-state index contributed by atoms with van der Waals surface area (Å²) in [6.07, 6.45) is 4.23. The molecule has 4 rings (SSSR count). The standard InChI is InChI=1S/C15H19N5OS/c21-15(16-10-14-18-17-13-6-2-8-20(13)14)19-7-1-4-11(19)12-5-3-9-22-12/h3,5,9,11H,1-2,4,6-8,10H2,(H,16,21)/t11-/m1/s1. The molecule has 2 aromatic heterocycles. The molecule has 7 heteroatoms. The van der Waals surface area contributed by atoms with Gasteiger partial charge in [-0.2, -0.15) is 0 Å². The van der Waals surface area contributed by atoms with E-state index in [9.17, 15) is 4.79 Å². The zero-order chi connectivity index (χ0) is 14.9. The average Bonchev–Trinajstić information content (AvgIpc) is 3.28. The van der Waals surface area contributed by atoms with Gasteiger partial charge in [-0.25, -0.2) is 4.79 Å². The Labute approximate surface area is 133 Å². The molecule has 116 valence electrons. The minimum Gasteiger partial charge on any atom is -0.331 e. The molecule has 0 aliphatic carbocycles. The zero-order valence-electron chi connectivity index (χ0n) is 12.4. The lowest BCUT2D eigenvalue weighted by molar-refractivity contribution is 0.193. The van der Waals surface area contributed by atoms with Crippen LogP contribution in [0.3, 0.4) is 0 Å². The number of nitrogens with one attached hydrogen (secondary N) is 1. The third-order valence-corrected chi connectivity index (χ3v) is 5.44. The molecule has 22 heavy (non-hydrogen) atoms. The SMILES string of the molecule is O=C(NCc1nnc2n1CCC2)N1CCC[C@@H]1c1cccs1. The van der Waals surface area contributed by atoms with Crippen LogP contribution >= 0.6 is 11.3 Å². The highest BCUT2D eigenvalue weighted by Crippen LogP contribution is 2.34. The lowest BCUT2D eigenvalue weighted by atomic mass is 10.2. The number of rotatable bonds is 3. The first kappa shape index (κ1) is 13.8. The lowest BCUT2D eigenvalue weighted by Gasteiger charge is -2.24. The zero-order valence-corrected chi connectivity index (χ0v) is 13.2. The number of thiophene rings is 1. The number of aromatic nitrogens is 3. The monoisotopic (exact) mass is 317 g/mol. The molecule has 1 atom stereocenters. The maximum absolute atomic E-state index is 12.5. The summed E-state index contributed by atoms with van der Waals surface area (Å²) in [5, 5.41) is 13.5. The van der Waals surface area contributed by atoms with Crippen molar-refractivity contribution in [2.75, 3.05) is 6.54 Å². The highest BCUT2D eigenvalue weighted by Gasteiger charge is 2.30. The summed E-state index contributed by atoms with van der Waals surface area (Å²) in [5.41, 5.74) is 0. The number of carbonyl (C=O) groups excluding carboxylic acids is 1. The number of hydrogen-bond acceptors (Lipinski definition) is 4. The average molecular weight is 317 g/mol. The van der Waals surface area contributed by atoms with E-state index in [-0.39, 0.29) is 12.1 Å². The van der Waals surface area contributed by atoms with Crippen LogP contribution in [0.1, 0.15) is 41.8 Å². The van der Waals surface area contributed by atoms with Gasteiger partial charge < -0.3 is 14.8 Å². The second-order valence-electron chi connectivity index (χ2n) is 5.81. The number of amides is 2. The fraction of sp³-hybridized carbons (Fsp3) is 0.533. The van der Waals surface area contributed by atoms with Gasteiger partial charge in [-0.1, -0.05) is 6.07 Å². The second-order valence-corrected chi connectivity index (χ2v) is 6.79. The van der Waals surface area contributed by atoms with Crippen molar-refractivity contribution in [3.63, 3.8) is 0 Å². The molecule has 1 N–H and O–H groups in total. The Morgan fingerprint density at radius 2 is 2.32 bits per heavy atom. The van der Waals surface area contributed by atoms with E-state index in [1.165, 1.54) is 4.88 Å². The first-order valence-corrected chi connectivity index (χ1v) is 8.70. The molecule has 0 saturated carbocycles. The normalized spacial score (nSPS) is 20.4. The Morgan fingerprint density at radius 3 is 3.18 bits per heavy atom. The number of aryl methyl sites for hydroxylation is 1. The third-order valence-electron chi connectivity index (χ3n) is 4.47. The van der Waals surface area contributed by atoms with Gasteiger partial charge in [0.15, 0.2) is 5.82 Å². The molecular weight excluding hydrogens is 298 g/mol. The minimum absolute atomic E-state index is 0.00578. The number of likely N-dealkylation sites (tertiary alicyclic amines) is 1. The summed E-state index contributed by atoms with van der Waals surface area (Å²) in [5.74, 6) is 1.91. The molecule has 2 aromatic rings. The van der Waals surface area contributed by atoms with Gasteiger partial charge >= 0.3 is 6.03 Å². The highest BCUT2D eigenvalue weighted by molar-refractivity contribution is 7.10. The van der Waals surface area contributed by atoms with Gasteiger partial charge in [0.1, 0.15) is 5.82 Å². The number of fused-ring (bicyclic) bond motifs is 1. The molecule has 0 aromatic carbocycles. The molecule has 0 unspecified atom stereocenters. The Kier molecular flexibility index (Phi) is 3.57. The number of carbonyl (C=O) groups is 1. The van der Waals surface area contributed by atoms with Crippen LogP contribution in [0.25, 0.3) is 0 Å². The van der Waals surface area contributed by atoms with Gasteiger partial charge in [0, 0.05) is 24.4 Å². The predicted octanol–water partition coefficient (Wildman–Crippen LogP) is 2.33. The van der Waals surface area contributed by atoms with Crippen LogP contribution in [-0.4, -0.2) is 32.2 Å². The summed E-state index contributed by atoms with van der Waals surface area (Å²) in [6, 6.07) is 4.40. The van der Waals surface area contributed by atoms with E-state index in [0.29, 0.717) is 6.54 Å². The Hall–Kier alpha value is -1.89. The Balaban J connectivity index is 1.41. The van der Waals surface area contributed by atoms with E-state index < -0.39 is 0 Å². The van der Waals surface area contributed by atoms with E-state index in [0.717, 1.165) is 50.4 Å². The maximum atomic E-state index is 12.5. The molecule has 0 radical (unpaired) electrons. The van der Waals surface area contributed by atoms with Crippen molar-refractivity contribution in [2.24, 2.45) is 0 Å². The quantitative estimate of drug-likeness (QED) is 0.945. The van der Waals surface area contributed by atoms with E-state index in [1.807, 2.05) is 11.0 Å². The first-order valence-electron chi connectivity index (χ1n) is 7.82. The van der Waals surface area contributed by atoms with E-state index >= 15 is 0 Å². The van der Waals surface area contributed by atoms with Crippen LogP contribution in [0, 0.1) is 0 Å². The van der Waals surface area contributed by atoms with E-state index in [1.54, 1.807) is 11.3 Å².